The van der Waals surface area contributed by atoms with Gasteiger partial charge in [0.15, 0.2) is 5.69 Å². The Balaban J connectivity index is 1.96. The second-order valence-corrected chi connectivity index (χ2v) is 5.33. The van der Waals surface area contributed by atoms with Gasteiger partial charge in [-0.25, -0.2) is 0 Å². The van der Waals surface area contributed by atoms with Crippen LogP contribution in [-0.2, 0) is 0 Å². The average molecular weight is 262 g/mol. The van der Waals surface area contributed by atoms with Crippen LogP contribution in [0.4, 0.5) is 5.82 Å². The van der Waals surface area contributed by atoms with E-state index >= 15 is 0 Å². The summed E-state index contributed by atoms with van der Waals surface area (Å²) in [4.78, 5) is 12.1. The molecule has 3 atom stereocenters. The van der Waals surface area contributed by atoms with Crippen LogP contribution in [0.3, 0.4) is 0 Å². The summed E-state index contributed by atoms with van der Waals surface area (Å²) < 4.78 is 0. The first-order chi connectivity index (χ1) is 9.11. The largest absolute Gasteiger partial charge is 0.369 e. The summed E-state index contributed by atoms with van der Waals surface area (Å²) in [6.07, 6.45) is 2.23. The molecule has 1 heterocycles. The van der Waals surface area contributed by atoms with Gasteiger partial charge in [0.25, 0.3) is 5.91 Å². The van der Waals surface area contributed by atoms with Crippen LogP contribution in [0.25, 0.3) is 0 Å². The number of nitrogens with one attached hydrogen (secondary N) is 2. The summed E-state index contributed by atoms with van der Waals surface area (Å²) in [6.45, 7) is 7.22. The summed E-state index contributed by atoms with van der Waals surface area (Å²) >= 11 is 0. The smallest absolute Gasteiger partial charge is 0.272 e. The Kier molecular flexibility index (Phi) is 4.35. The van der Waals surface area contributed by atoms with E-state index in [1.54, 1.807) is 12.1 Å². The number of nitrogens with zero attached hydrogens (tertiary/aromatic N) is 2. The fourth-order valence-electron chi connectivity index (χ4n) is 2.54. The van der Waals surface area contributed by atoms with Crippen molar-refractivity contribution in [1.82, 2.24) is 15.5 Å². The summed E-state index contributed by atoms with van der Waals surface area (Å²) in [5.74, 6) is 1.77. The van der Waals surface area contributed by atoms with Crippen molar-refractivity contribution < 1.29 is 4.79 Å². The van der Waals surface area contributed by atoms with Crippen LogP contribution in [0.5, 0.6) is 0 Å². The van der Waals surface area contributed by atoms with E-state index in [0.717, 1.165) is 13.0 Å². The lowest BCUT2D eigenvalue weighted by Gasteiger charge is -2.19. The maximum absolute atomic E-state index is 12.1. The van der Waals surface area contributed by atoms with Crippen molar-refractivity contribution in [3.63, 3.8) is 0 Å². The number of aromatic nitrogens is 2. The molecule has 1 fully saturated rings. The van der Waals surface area contributed by atoms with Crippen molar-refractivity contribution >= 4 is 11.7 Å². The van der Waals surface area contributed by atoms with E-state index in [4.69, 9.17) is 0 Å². The molecule has 5 nitrogen and oxygen atoms in total. The SMILES string of the molecule is CCNc1ccc(C(=O)NC2CCC(C)C2C)nn1. The van der Waals surface area contributed by atoms with Gasteiger partial charge < -0.3 is 10.6 Å². The van der Waals surface area contributed by atoms with E-state index in [1.165, 1.54) is 6.42 Å². The van der Waals surface area contributed by atoms with Gasteiger partial charge >= 0.3 is 0 Å². The fourth-order valence-corrected chi connectivity index (χ4v) is 2.54. The van der Waals surface area contributed by atoms with Gasteiger partial charge in [0.2, 0.25) is 0 Å². The number of rotatable bonds is 4. The van der Waals surface area contributed by atoms with Gasteiger partial charge in [-0.3, -0.25) is 4.79 Å². The Labute approximate surface area is 114 Å². The highest BCUT2D eigenvalue weighted by atomic mass is 16.2. The highest BCUT2D eigenvalue weighted by Gasteiger charge is 2.31. The number of anilines is 1. The average Bonchev–Trinajstić information content (AvgIpc) is 2.72. The molecule has 1 amide bonds. The summed E-state index contributed by atoms with van der Waals surface area (Å²) in [5.41, 5.74) is 0.383. The van der Waals surface area contributed by atoms with Crippen LogP contribution >= 0.6 is 0 Å². The molecule has 1 aromatic heterocycles. The third-order valence-electron chi connectivity index (χ3n) is 4.04. The first-order valence-corrected chi connectivity index (χ1v) is 7.00. The second-order valence-electron chi connectivity index (χ2n) is 5.33. The van der Waals surface area contributed by atoms with Gasteiger partial charge in [0.1, 0.15) is 5.82 Å². The Bertz CT molecular complexity index is 432. The molecule has 5 heteroatoms. The number of carbonyl (C=O) groups excluding carboxylic acids is 1. The minimum absolute atomic E-state index is 0.124. The molecule has 0 bridgehead atoms. The van der Waals surface area contributed by atoms with Gasteiger partial charge in [0.05, 0.1) is 0 Å². The monoisotopic (exact) mass is 262 g/mol. The lowest BCUT2D eigenvalue weighted by atomic mass is 9.98. The number of carbonyl (C=O) groups is 1. The quantitative estimate of drug-likeness (QED) is 0.871. The molecule has 0 saturated heterocycles. The Morgan fingerprint density at radius 2 is 2.11 bits per heavy atom. The molecule has 2 rings (SSSR count). The molecule has 104 valence electrons. The molecular formula is C14H22N4O. The van der Waals surface area contributed by atoms with Crippen molar-refractivity contribution in [2.45, 2.75) is 39.7 Å². The highest BCUT2D eigenvalue weighted by Crippen LogP contribution is 2.31. The minimum atomic E-state index is -0.124. The molecule has 1 saturated carbocycles. The van der Waals surface area contributed by atoms with Crippen molar-refractivity contribution in [3.05, 3.63) is 17.8 Å². The summed E-state index contributed by atoms with van der Waals surface area (Å²) in [7, 11) is 0. The van der Waals surface area contributed by atoms with Gasteiger partial charge in [-0.1, -0.05) is 13.8 Å². The first kappa shape index (κ1) is 13.8. The van der Waals surface area contributed by atoms with E-state index in [9.17, 15) is 4.79 Å². The van der Waals surface area contributed by atoms with Crippen LogP contribution in [0.1, 0.15) is 44.1 Å². The third kappa shape index (κ3) is 3.22. The van der Waals surface area contributed by atoms with E-state index in [2.05, 4.69) is 34.7 Å². The van der Waals surface area contributed by atoms with Crippen molar-refractivity contribution in [2.24, 2.45) is 11.8 Å². The molecule has 3 unspecified atom stereocenters. The van der Waals surface area contributed by atoms with Crippen LogP contribution in [0, 0.1) is 11.8 Å². The fraction of sp³-hybridized carbons (Fsp3) is 0.643. The van der Waals surface area contributed by atoms with Gasteiger partial charge in [0, 0.05) is 12.6 Å². The van der Waals surface area contributed by atoms with Crippen LogP contribution in [0.2, 0.25) is 0 Å². The molecule has 0 radical (unpaired) electrons. The molecule has 19 heavy (non-hydrogen) atoms. The highest BCUT2D eigenvalue weighted by molar-refractivity contribution is 5.92. The summed E-state index contributed by atoms with van der Waals surface area (Å²) in [5, 5.41) is 14.1. The standard InChI is InChI=1S/C14H22N4O/c1-4-15-13-8-7-12(17-18-13)14(19)16-11-6-5-9(2)10(11)3/h7-11H,4-6H2,1-3H3,(H,15,18)(H,16,19). The Morgan fingerprint density at radius 3 is 2.63 bits per heavy atom. The molecule has 1 aliphatic rings. The molecule has 0 aromatic carbocycles. The first-order valence-electron chi connectivity index (χ1n) is 7.00. The normalized spacial score (nSPS) is 26.2. The van der Waals surface area contributed by atoms with Gasteiger partial charge in [-0.15, -0.1) is 10.2 Å². The molecular weight excluding hydrogens is 240 g/mol. The zero-order chi connectivity index (χ0) is 13.8. The van der Waals surface area contributed by atoms with Gasteiger partial charge in [-0.05, 0) is 43.7 Å². The van der Waals surface area contributed by atoms with E-state index < -0.39 is 0 Å². The van der Waals surface area contributed by atoms with Crippen molar-refractivity contribution in [2.75, 3.05) is 11.9 Å². The second kappa shape index (κ2) is 5.99. The molecule has 1 aromatic rings. The molecule has 0 aliphatic heterocycles. The van der Waals surface area contributed by atoms with Gasteiger partial charge in [-0.2, -0.15) is 0 Å². The predicted molar refractivity (Wildman–Crippen MR) is 75.0 cm³/mol. The molecule has 2 N–H and O–H groups in total. The zero-order valence-electron chi connectivity index (χ0n) is 11.8. The zero-order valence-corrected chi connectivity index (χ0v) is 11.8. The lowest BCUT2D eigenvalue weighted by molar-refractivity contribution is 0.0921. The topological polar surface area (TPSA) is 66.9 Å². The van der Waals surface area contributed by atoms with E-state index in [-0.39, 0.29) is 11.9 Å². The number of hydrogen-bond donors (Lipinski definition) is 2. The number of hydrogen-bond acceptors (Lipinski definition) is 4. The van der Waals surface area contributed by atoms with E-state index in [1.807, 2.05) is 6.92 Å². The Morgan fingerprint density at radius 1 is 1.32 bits per heavy atom. The van der Waals surface area contributed by atoms with Crippen molar-refractivity contribution in [1.29, 1.82) is 0 Å². The third-order valence-corrected chi connectivity index (χ3v) is 4.04. The van der Waals surface area contributed by atoms with E-state index in [0.29, 0.717) is 23.3 Å². The van der Waals surface area contributed by atoms with Crippen LogP contribution in [0.15, 0.2) is 12.1 Å². The molecule has 0 spiro atoms. The maximum Gasteiger partial charge on any atom is 0.272 e. The molecule has 1 aliphatic carbocycles. The number of amides is 1. The van der Waals surface area contributed by atoms with Crippen LogP contribution in [-0.4, -0.2) is 28.7 Å². The van der Waals surface area contributed by atoms with Crippen LogP contribution < -0.4 is 10.6 Å². The predicted octanol–water partition coefficient (Wildman–Crippen LogP) is 2.07. The van der Waals surface area contributed by atoms with Crippen molar-refractivity contribution in [3.8, 4) is 0 Å². The lowest BCUT2D eigenvalue weighted by Crippen LogP contribution is -2.37. The Hall–Kier alpha value is -1.65. The summed E-state index contributed by atoms with van der Waals surface area (Å²) in [6, 6.07) is 3.76. The minimum Gasteiger partial charge on any atom is -0.369 e. The maximum atomic E-state index is 12.1.